The van der Waals surface area contributed by atoms with Gasteiger partial charge in [0.15, 0.2) is 13.7 Å². The lowest BCUT2D eigenvalue weighted by atomic mass is 10.1. The molecule has 0 saturated carbocycles. The molecule has 4 aromatic rings. The van der Waals surface area contributed by atoms with E-state index in [1.807, 2.05) is 0 Å². The summed E-state index contributed by atoms with van der Waals surface area (Å²) in [7, 11) is -7.14. The maximum Gasteiger partial charge on any atom is 0.315 e. The zero-order valence-electron chi connectivity index (χ0n) is 23.8. The monoisotopic (exact) mass is 660 g/mol. The second kappa shape index (κ2) is 15.0. The smallest absolute Gasteiger partial charge is 0.315 e. The normalized spacial score (nSPS) is 12.7. The molecule has 8 N–H and O–H groups in total. The Morgan fingerprint density at radius 1 is 0.889 bits per heavy atom. The van der Waals surface area contributed by atoms with Gasteiger partial charge in [0.25, 0.3) is 0 Å². The molecule has 0 amide bonds. The summed E-state index contributed by atoms with van der Waals surface area (Å²) in [5, 5.41) is 30.8. The first-order valence-corrected chi connectivity index (χ1v) is 15.8. The molecule has 0 aliphatic carbocycles. The number of aromatic hydroxyl groups is 1. The Labute approximate surface area is 257 Å². The van der Waals surface area contributed by atoms with Gasteiger partial charge < -0.3 is 24.9 Å². The fourth-order valence-electron chi connectivity index (χ4n) is 3.98. The van der Waals surface area contributed by atoms with Crippen LogP contribution in [0.2, 0.25) is 0 Å². The van der Waals surface area contributed by atoms with Gasteiger partial charge in [0.1, 0.15) is 33.5 Å². The quantitative estimate of drug-likeness (QED) is 0.0402. The average Bonchev–Trinajstić information content (AvgIpc) is 3.03. The number of phenols is 1. The number of fused-ring (bicyclic) bond motifs is 1. The van der Waals surface area contributed by atoms with Crippen molar-refractivity contribution in [3.63, 3.8) is 0 Å². The van der Waals surface area contributed by atoms with Gasteiger partial charge in [0.2, 0.25) is 0 Å². The number of azo groups is 2. The van der Waals surface area contributed by atoms with Crippen LogP contribution in [0.1, 0.15) is 13.8 Å². The largest absolute Gasteiger partial charge is 0.505 e. The van der Waals surface area contributed by atoms with Crippen LogP contribution < -0.4 is 37.6 Å². The van der Waals surface area contributed by atoms with Crippen LogP contribution in [0.3, 0.4) is 0 Å². The van der Waals surface area contributed by atoms with Crippen molar-refractivity contribution in [2.75, 3.05) is 18.9 Å². The van der Waals surface area contributed by atoms with E-state index in [9.17, 15) is 18.1 Å². The van der Waals surface area contributed by atoms with Gasteiger partial charge in [-0.25, -0.2) is 0 Å². The minimum absolute atomic E-state index is 0.108. The Bertz CT molecular complexity index is 1890. The summed E-state index contributed by atoms with van der Waals surface area (Å²) < 4.78 is 53.3. The van der Waals surface area contributed by atoms with Gasteiger partial charge >= 0.3 is 10.1 Å². The number of hydrogen-bond donors (Lipinski definition) is 5. The maximum absolute atomic E-state index is 12.7. The molecule has 1 atom stereocenters. The van der Waals surface area contributed by atoms with E-state index in [1.54, 1.807) is 32.0 Å². The summed E-state index contributed by atoms with van der Waals surface area (Å²) in [5.74, 6) is 9.69. The number of ether oxygens (including phenoxy) is 2. The number of nitrogens with one attached hydrogen (secondary N) is 1. The number of nitrogens with zero attached hydrogens (tertiary/aromatic N) is 4. The number of benzene rings is 4. The molecular weight excluding hydrogens is 631 g/mol. The van der Waals surface area contributed by atoms with Crippen LogP contribution in [-0.4, -0.2) is 26.7 Å². The van der Waals surface area contributed by atoms with E-state index in [-0.39, 0.29) is 41.5 Å². The minimum Gasteiger partial charge on any atom is -0.505 e. The number of phenolic OH excluding ortho intramolecular Hbond substituents is 1. The highest BCUT2D eigenvalue weighted by Gasteiger charge is 2.25. The van der Waals surface area contributed by atoms with Crippen LogP contribution in [0.25, 0.3) is 10.8 Å². The van der Waals surface area contributed by atoms with Gasteiger partial charge in [0.05, 0.1) is 18.9 Å². The van der Waals surface area contributed by atoms with E-state index in [1.165, 1.54) is 42.5 Å². The second-order valence-electron chi connectivity index (χ2n) is 8.82. The van der Waals surface area contributed by atoms with Crippen molar-refractivity contribution >= 4 is 62.6 Å². The summed E-state index contributed by atoms with van der Waals surface area (Å²) in [4.78, 5) is 7.71. The minimum atomic E-state index is -4.54. The van der Waals surface area contributed by atoms with Crippen molar-refractivity contribution in [2.24, 2.45) is 32.3 Å². The van der Waals surface area contributed by atoms with E-state index in [4.69, 9.17) is 27.0 Å². The molecule has 0 spiro atoms. The molecular formula is C26H29N8O9PS. The SMILES string of the molecule is CCOc1cc(N=Nc2c(S(=O)(=O)ON)cc3ccc(N)cc3c2O)c(OCC)cc1N=Nc1cccc([PH](=O)NOON)c1. The number of anilines is 1. The van der Waals surface area contributed by atoms with Crippen molar-refractivity contribution in [1.29, 1.82) is 0 Å². The van der Waals surface area contributed by atoms with Crippen LogP contribution >= 0.6 is 7.95 Å². The lowest BCUT2D eigenvalue weighted by Crippen LogP contribution is -2.14. The number of hydrogen-bond acceptors (Lipinski definition) is 16. The third-order valence-electron chi connectivity index (χ3n) is 5.93. The van der Waals surface area contributed by atoms with Crippen LogP contribution in [-0.2, 0) is 28.9 Å². The van der Waals surface area contributed by atoms with Gasteiger partial charge in [-0.1, -0.05) is 18.2 Å². The van der Waals surface area contributed by atoms with Crippen LogP contribution in [0, 0.1) is 0 Å². The topological polar surface area (TPSA) is 257 Å². The molecule has 0 bridgehead atoms. The molecule has 19 heteroatoms. The predicted molar refractivity (Wildman–Crippen MR) is 164 cm³/mol. The van der Waals surface area contributed by atoms with Crippen LogP contribution in [0.5, 0.6) is 17.2 Å². The fourth-order valence-corrected chi connectivity index (χ4v) is 5.50. The van der Waals surface area contributed by atoms with E-state index < -0.39 is 34.4 Å². The fraction of sp³-hybridized carbons (Fsp3) is 0.154. The molecule has 0 fully saturated rings. The predicted octanol–water partition coefficient (Wildman–Crippen LogP) is 4.76. The first-order valence-electron chi connectivity index (χ1n) is 13.0. The second-order valence-corrected chi connectivity index (χ2v) is 11.8. The summed E-state index contributed by atoms with van der Waals surface area (Å²) in [6.45, 7) is 3.94. The molecule has 0 aliphatic heterocycles. The van der Waals surface area contributed by atoms with Gasteiger partial charge in [0, 0.05) is 28.5 Å². The first kappa shape index (κ1) is 33.4. The Balaban J connectivity index is 1.79. The molecule has 45 heavy (non-hydrogen) atoms. The van der Waals surface area contributed by atoms with Gasteiger partial charge in [-0.15, -0.1) is 30.6 Å². The van der Waals surface area contributed by atoms with Gasteiger partial charge in [-0.05, 0) is 49.6 Å². The average molecular weight is 661 g/mol. The van der Waals surface area contributed by atoms with Crippen LogP contribution in [0.4, 0.5) is 28.4 Å². The highest BCUT2D eigenvalue weighted by Crippen LogP contribution is 2.45. The van der Waals surface area contributed by atoms with Crippen molar-refractivity contribution in [3.05, 3.63) is 60.7 Å². The first-order chi connectivity index (χ1) is 21.6. The van der Waals surface area contributed by atoms with Gasteiger partial charge in [-0.2, -0.15) is 29.6 Å². The molecule has 0 radical (unpaired) electrons. The highest BCUT2D eigenvalue weighted by atomic mass is 32.2. The Kier molecular flexibility index (Phi) is 11.1. The highest BCUT2D eigenvalue weighted by molar-refractivity contribution is 7.86. The molecule has 238 valence electrons. The van der Waals surface area contributed by atoms with Crippen molar-refractivity contribution in [1.82, 2.24) is 5.25 Å². The molecule has 0 aliphatic rings. The summed E-state index contributed by atoms with van der Waals surface area (Å²) in [5.41, 5.74) is 6.46. The number of rotatable bonds is 14. The standard InChI is InChI=1S/C26H29N8O9PS/c1-3-39-22-14-21(32-33-25-24(45(37,38)42-29)10-15-8-9-16(27)11-19(15)26(25)35)23(40-4-2)13-20(22)31-30-17-6-5-7-18(12-17)44(36)34-43-41-28/h5-14,35,44H,3-4,27-29H2,1-2H3,(H,34,36). The Hall–Kier alpha value is -4.52. The van der Waals surface area contributed by atoms with E-state index >= 15 is 0 Å². The lowest BCUT2D eigenvalue weighted by molar-refractivity contribution is -0.322. The zero-order chi connectivity index (χ0) is 32.6. The van der Waals surface area contributed by atoms with E-state index in [2.05, 4.69) is 40.0 Å². The molecule has 0 saturated heterocycles. The molecule has 4 rings (SSSR count). The Morgan fingerprint density at radius 2 is 1.56 bits per heavy atom. The molecule has 0 heterocycles. The summed E-state index contributed by atoms with van der Waals surface area (Å²) >= 11 is 0. The number of nitrogens with two attached hydrogens (primary N) is 3. The maximum atomic E-state index is 12.7. The van der Waals surface area contributed by atoms with Crippen molar-refractivity contribution < 1.29 is 41.8 Å². The lowest BCUT2D eigenvalue weighted by Gasteiger charge is -2.13. The molecule has 1 unspecified atom stereocenters. The molecule has 0 aromatic heterocycles. The molecule has 4 aromatic carbocycles. The van der Waals surface area contributed by atoms with Gasteiger partial charge in [-0.3, -0.25) is 0 Å². The summed E-state index contributed by atoms with van der Waals surface area (Å²) in [6.07, 6.45) is 0. The zero-order valence-corrected chi connectivity index (χ0v) is 25.6. The van der Waals surface area contributed by atoms with Crippen molar-refractivity contribution in [3.8, 4) is 17.2 Å². The third kappa shape index (κ3) is 7.96. The summed E-state index contributed by atoms with van der Waals surface area (Å²) in [6, 6.07) is 15.1. The molecule has 17 nitrogen and oxygen atoms in total. The van der Waals surface area contributed by atoms with E-state index in [0.717, 1.165) is 0 Å². The third-order valence-corrected chi connectivity index (χ3v) is 8.14. The van der Waals surface area contributed by atoms with Crippen molar-refractivity contribution in [2.45, 2.75) is 18.7 Å². The van der Waals surface area contributed by atoms with E-state index in [0.29, 0.717) is 22.1 Å². The number of nitrogen functional groups attached to an aromatic ring is 1. The Morgan fingerprint density at radius 3 is 2.18 bits per heavy atom. The van der Waals surface area contributed by atoms with Crippen LogP contribution in [0.15, 0.2) is 86.0 Å².